The van der Waals surface area contributed by atoms with Crippen molar-refractivity contribution in [3.63, 3.8) is 0 Å². The van der Waals surface area contributed by atoms with Gasteiger partial charge in [-0.25, -0.2) is 0 Å². The molecule has 0 saturated heterocycles. The Labute approximate surface area is 217 Å². The van der Waals surface area contributed by atoms with Gasteiger partial charge in [0, 0.05) is 6.42 Å². The molecule has 0 heterocycles. The van der Waals surface area contributed by atoms with Crippen LogP contribution < -0.4 is 11.5 Å². The second-order valence-electron chi connectivity index (χ2n) is 9.70. The summed E-state index contributed by atoms with van der Waals surface area (Å²) in [7, 11) is 0. The Kier molecular flexibility index (Phi) is 18.2. The van der Waals surface area contributed by atoms with E-state index in [9.17, 15) is 14.4 Å². The molecule has 0 aliphatic carbocycles. The second kappa shape index (κ2) is 20.7. The van der Waals surface area contributed by atoms with Gasteiger partial charge in [-0.2, -0.15) is 0 Å². The normalized spacial score (nSPS) is 12.6. The predicted octanol–water partition coefficient (Wildman–Crippen LogP) is 5.72. The highest BCUT2D eigenvalue weighted by Crippen LogP contribution is 2.16. The smallest absolute Gasteiger partial charge is 0.323 e. The van der Waals surface area contributed by atoms with Crippen LogP contribution in [-0.2, 0) is 30.5 Å². The van der Waals surface area contributed by atoms with E-state index in [1.54, 1.807) is 0 Å². The monoisotopic (exact) mass is 504 g/mol. The number of rotatable bonds is 22. The Balaban J connectivity index is 2.18. The van der Waals surface area contributed by atoms with Gasteiger partial charge in [0.25, 0.3) is 0 Å². The molecule has 204 valence electrons. The number of nitrogens with two attached hydrogens (primary N) is 2. The van der Waals surface area contributed by atoms with Crippen molar-refractivity contribution in [1.82, 2.24) is 0 Å². The number of benzene rings is 1. The summed E-state index contributed by atoms with van der Waals surface area (Å²) >= 11 is 0. The van der Waals surface area contributed by atoms with Gasteiger partial charge in [0.1, 0.15) is 18.8 Å². The zero-order valence-corrected chi connectivity index (χ0v) is 22.3. The maximum absolute atomic E-state index is 12.4. The van der Waals surface area contributed by atoms with Gasteiger partial charge in [0.05, 0.1) is 6.42 Å². The van der Waals surface area contributed by atoms with Crippen LogP contribution in [0.2, 0.25) is 0 Å². The number of hydrogen-bond acceptors (Lipinski definition) is 6. The first-order valence-corrected chi connectivity index (χ1v) is 13.9. The van der Waals surface area contributed by atoms with Crippen molar-refractivity contribution in [2.45, 2.75) is 128 Å². The van der Waals surface area contributed by atoms with E-state index in [2.05, 4.69) is 6.92 Å². The van der Waals surface area contributed by atoms with Crippen LogP contribution in [0.4, 0.5) is 0 Å². The van der Waals surface area contributed by atoms with E-state index in [1.807, 2.05) is 30.3 Å². The molecule has 0 saturated carbocycles. The highest BCUT2D eigenvalue weighted by Gasteiger charge is 2.22. The molecule has 0 bridgehead atoms. The number of carbonyl (C=O) groups excluding carboxylic acids is 3. The summed E-state index contributed by atoms with van der Waals surface area (Å²) in [5.74, 6) is -1.38. The fourth-order valence-corrected chi connectivity index (χ4v) is 4.11. The standard InChI is InChI=1S/C29H48N2O5/c1-2-3-4-5-6-7-8-9-10-11-15-19-25(22-27(31)32)36-29(34)26(30)20-16-21-28(33)35-23-24-17-13-12-14-18-24/h12-14,17-18,25-26H,2-11,15-16,19-23,30H2,1H3,(H2,31,32)/t25-,26-/m1/s1. The molecule has 1 aromatic carbocycles. The second-order valence-corrected chi connectivity index (χ2v) is 9.70. The molecule has 7 nitrogen and oxygen atoms in total. The fourth-order valence-electron chi connectivity index (χ4n) is 4.11. The number of amides is 1. The molecule has 1 aromatic rings. The lowest BCUT2D eigenvalue weighted by atomic mass is 10.0. The van der Waals surface area contributed by atoms with Crippen LogP contribution in [0, 0.1) is 0 Å². The van der Waals surface area contributed by atoms with E-state index in [0.717, 1.165) is 24.8 Å². The van der Waals surface area contributed by atoms with E-state index >= 15 is 0 Å². The number of carbonyl (C=O) groups is 3. The summed E-state index contributed by atoms with van der Waals surface area (Å²) in [4.78, 5) is 35.7. The third kappa shape index (κ3) is 17.1. The van der Waals surface area contributed by atoms with Crippen LogP contribution >= 0.6 is 0 Å². The molecule has 4 N–H and O–H groups in total. The molecule has 0 aromatic heterocycles. The van der Waals surface area contributed by atoms with Crippen molar-refractivity contribution in [1.29, 1.82) is 0 Å². The predicted molar refractivity (Wildman–Crippen MR) is 143 cm³/mol. The minimum atomic E-state index is -0.848. The maximum atomic E-state index is 12.4. The molecular formula is C29H48N2O5. The SMILES string of the molecule is CCCCCCCCCCCCC[C@H](CC(N)=O)OC(=O)[C@H](N)CCCC(=O)OCc1ccccc1. The molecule has 0 spiro atoms. The average molecular weight is 505 g/mol. The third-order valence-electron chi connectivity index (χ3n) is 6.28. The molecule has 0 aliphatic rings. The van der Waals surface area contributed by atoms with Crippen LogP contribution in [-0.4, -0.2) is 30.0 Å². The van der Waals surface area contributed by atoms with Crippen molar-refractivity contribution in [3.8, 4) is 0 Å². The van der Waals surface area contributed by atoms with Gasteiger partial charge in [0.2, 0.25) is 5.91 Å². The van der Waals surface area contributed by atoms with Crippen molar-refractivity contribution in [2.24, 2.45) is 11.5 Å². The van der Waals surface area contributed by atoms with Gasteiger partial charge >= 0.3 is 11.9 Å². The lowest BCUT2D eigenvalue weighted by Crippen LogP contribution is -2.36. The first-order chi connectivity index (χ1) is 17.4. The van der Waals surface area contributed by atoms with Gasteiger partial charge in [-0.05, 0) is 31.2 Å². The lowest BCUT2D eigenvalue weighted by molar-refractivity contribution is -0.153. The quantitative estimate of drug-likeness (QED) is 0.154. The number of esters is 2. The highest BCUT2D eigenvalue weighted by atomic mass is 16.5. The van der Waals surface area contributed by atoms with Crippen LogP contribution in [0.5, 0.6) is 0 Å². The van der Waals surface area contributed by atoms with Crippen molar-refractivity contribution >= 4 is 17.8 Å². The van der Waals surface area contributed by atoms with Gasteiger partial charge in [-0.15, -0.1) is 0 Å². The Bertz CT molecular complexity index is 726. The topological polar surface area (TPSA) is 122 Å². The van der Waals surface area contributed by atoms with Crippen molar-refractivity contribution in [2.75, 3.05) is 0 Å². The third-order valence-corrected chi connectivity index (χ3v) is 6.28. The molecule has 2 atom stereocenters. The van der Waals surface area contributed by atoms with Crippen LogP contribution in [0.25, 0.3) is 0 Å². The highest BCUT2D eigenvalue weighted by molar-refractivity contribution is 5.77. The average Bonchev–Trinajstić information content (AvgIpc) is 2.86. The molecule has 0 unspecified atom stereocenters. The van der Waals surface area contributed by atoms with Crippen molar-refractivity contribution < 1.29 is 23.9 Å². The maximum Gasteiger partial charge on any atom is 0.323 e. The van der Waals surface area contributed by atoms with Gasteiger partial charge in [-0.1, -0.05) is 101 Å². The largest absolute Gasteiger partial charge is 0.461 e. The Morgan fingerprint density at radius 1 is 0.806 bits per heavy atom. The minimum Gasteiger partial charge on any atom is -0.461 e. The number of ether oxygens (including phenoxy) is 2. The Morgan fingerprint density at radius 3 is 1.97 bits per heavy atom. The Morgan fingerprint density at radius 2 is 1.39 bits per heavy atom. The van der Waals surface area contributed by atoms with E-state index in [1.165, 1.54) is 51.4 Å². The molecule has 7 heteroatoms. The minimum absolute atomic E-state index is 0.00202. The van der Waals surface area contributed by atoms with Gasteiger partial charge in [0.15, 0.2) is 0 Å². The molecule has 1 rings (SSSR count). The number of unbranched alkanes of at least 4 members (excludes halogenated alkanes) is 10. The van der Waals surface area contributed by atoms with Gasteiger partial charge < -0.3 is 20.9 Å². The van der Waals surface area contributed by atoms with Gasteiger partial charge in [-0.3, -0.25) is 14.4 Å². The summed E-state index contributed by atoms with van der Waals surface area (Å²) < 4.78 is 10.7. The first kappa shape index (κ1) is 31.6. The summed E-state index contributed by atoms with van der Waals surface area (Å²) in [6.45, 7) is 2.46. The molecular weight excluding hydrogens is 456 g/mol. The fraction of sp³-hybridized carbons (Fsp3) is 0.690. The number of primary amides is 1. The zero-order valence-electron chi connectivity index (χ0n) is 22.3. The summed E-state index contributed by atoms with van der Waals surface area (Å²) in [6.07, 6.45) is 14.4. The van der Waals surface area contributed by atoms with Crippen LogP contribution in [0.15, 0.2) is 30.3 Å². The molecule has 36 heavy (non-hydrogen) atoms. The molecule has 0 fully saturated rings. The molecule has 1 amide bonds. The van der Waals surface area contributed by atoms with E-state index < -0.39 is 24.0 Å². The summed E-state index contributed by atoms with van der Waals surface area (Å²) in [6, 6.07) is 8.60. The summed E-state index contributed by atoms with van der Waals surface area (Å²) in [5, 5.41) is 0. The van der Waals surface area contributed by atoms with Crippen molar-refractivity contribution in [3.05, 3.63) is 35.9 Å². The number of hydrogen-bond donors (Lipinski definition) is 2. The van der Waals surface area contributed by atoms with Crippen LogP contribution in [0.3, 0.4) is 0 Å². The molecule has 0 aliphatic heterocycles. The Hall–Kier alpha value is -2.41. The van der Waals surface area contributed by atoms with Crippen LogP contribution in [0.1, 0.15) is 115 Å². The lowest BCUT2D eigenvalue weighted by Gasteiger charge is -2.19. The van der Waals surface area contributed by atoms with E-state index in [0.29, 0.717) is 19.3 Å². The van der Waals surface area contributed by atoms with E-state index in [4.69, 9.17) is 20.9 Å². The summed E-state index contributed by atoms with van der Waals surface area (Å²) in [5.41, 5.74) is 12.2. The first-order valence-electron chi connectivity index (χ1n) is 13.9. The molecule has 0 radical (unpaired) electrons. The van der Waals surface area contributed by atoms with E-state index in [-0.39, 0.29) is 25.4 Å². The zero-order chi connectivity index (χ0) is 26.4.